The first kappa shape index (κ1) is 47.8. The summed E-state index contributed by atoms with van der Waals surface area (Å²) < 4.78 is 1.23. The molecule has 3 nitrogen and oxygen atoms in total. The van der Waals surface area contributed by atoms with Gasteiger partial charge in [0.25, 0.3) is 6.71 Å². The molecule has 374 valence electrons. The van der Waals surface area contributed by atoms with Crippen molar-refractivity contribution in [2.45, 2.75) is 149 Å². The molecule has 0 spiro atoms. The number of fused-ring (bicyclic) bond motifs is 5. The maximum atomic E-state index is 5.54. The summed E-state index contributed by atoms with van der Waals surface area (Å²) in [7, 11) is 0. The number of hydrogen-bond donors (Lipinski definition) is 0. The van der Waals surface area contributed by atoms with Crippen LogP contribution in [0.4, 0.5) is 34.1 Å². The Morgan fingerprint density at radius 2 is 0.865 bits per heavy atom. The molecule has 0 amide bonds. The average Bonchev–Trinajstić information content (AvgIpc) is 3.81. The molecule has 0 unspecified atom stereocenters. The zero-order valence-corrected chi connectivity index (χ0v) is 46.9. The molecule has 7 aromatic carbocycles. The van der Waals surface area contributed by atoms with Crippen LogP contribution in [0.1, 0.15) is 149 Å². The van der Waals surface area contributed by atoms with Crippen molar-refractivity contribution in [2.75, 3.05) is 9.80 Å². The summed E-state index contributed by atoms with van der Waals surface area (Å²) in [6.07, 6.45) is 8.23. The van der Waals surface area contributed by atoms with Crippen LogP contribution >= 0.6 is 11.3 Å². The number of aromatic nitrogens is 1. The highest BCUT2D eigenvalue weighted by Crippen LogP contribution is 2.62. The summed E-state index contributed by atoms with van der Waals surface area (Å²) in [5.41, 5.74) is 23.9. The maximum absolute atomic E-state index is 5.54. The van der Waals surface area contributed by atoms with E-state index < -0.39 is 0 Å². The van der Waals surface area contributed by atoms with E-state index in [2.05, 4.69) is 232 Å². The Hall–Kier alpha value is -5.91. The molecule has 0 saturated heterocycles. The first-order valence-electron chi connectivity index (χ1n) is 27.9. The van der Waals surface area contributed by atoms with Crippen molar-refractivity contribution in [1.82, 2.24) is 4.98 Å². The van der Waals surface area contributed by atoms with Crippen LogP contribution in [-0.4, -0.2) is 11.7 Å². The van der Waals surface area contributed by atoms with Crippen molar-refractivity contribution in [3.63, 3.8) is 0 Å². The normalized spacial score (nSPS) is 21.0. The van der Waals surface area contributed by atoms with Crippen LogP contribution in [0, 0.1) is 17.8 Å². The van der Waals surface area contributed by atoms with Crippen molar-refractivity contribution in [2.24, 2.45) is 17.8 Å². The van der Waals surface area contributed by atoms with E-state index in [-0.39, 0.29) is 33.8 Å². The lowest BCUT2D eigenvalue weighted by Gasteiger charge is -2.57. The number of anilines is 6. The molecule has 4 fully saturated rings. The summed E-state index contributed by atoms with van der Waals surface area (Å²) in [6.45, 7) is 27.9. The minimum atomic E-state index is -0.0278. The lowest BCUT2D eigenvalue weighted by molar-refractivity contribution is -0.00514. The highest BCUT2D eigenvalue weighted by atomic mass is 32.1. The number of nitrogens with zero attached hydrogens (tertiary/aromatic N) is 3. The Bertz CT molecular complexity index is 3460. The zero-order chi connectivity index (χ0) is 51.4. The molecule has 74 heavy (non-hydrogen) atoms. The Balaban J connectivity index is 1.05. The van der Waals surface area contributed by atoms with E-state index in [9.17, 15) is 0 Å². The van der Waals surface area contributed by atoms with Crippen molar-refractivity contribution in [3.05, 3.63) is 167 Å². The average molecular weight is 988 g/mol. The largest absolute Gasteiger partial charge is 0.311 e. The van der Waals surface area contributed by atoms with Crippen LogP contribution in [0.3, 0.4) is 0 Å². The van der Waals surface area contributed by atoms with E-state index in [0.717, 1.165) is 33.8 Å². The van der Waals surface area contributed by atoms with Crippen LogP contribution in [-0.2, 0) is 27.1 Å². The van der Waals surface area contributed by atoms with E-state index in [1.807, 2.05) is 11.3 Å². The molecule has 0 N–H and O–H groups in total. The number of benzene rings is 7. The molecule has 4 saturated carbocycles. The van der Waals surface area contributed by atoms with Gasteiger partial charge in [-0.3, -0.25) is 0 Å². The third kappa shape index (κ3) is 7.92. The third-order valence-corrected chi connectivity index (χ3v) is 19.4. The lowest BCUT2D eigenvalue weighted by atomic mass is 9.33. The summed E-state index contributed by atoms with van der Waals surface area (Å²) >= 11 is 1.83. The van der Waals surface area contributed by atoms with Gasteiger partial charge in [0.05, 0.1) is 10.2 Å². The van der Waals surface area contributed by atoms with E-state index in [1.54, 1.807) is 5.56 Å². The van der Waals surface area contributed by atoms with Crippen molar-refractivity contribution in [1.29, 1.82) is 0 Å². The van der Waals surface area contributed by atoms with Gasteiger partial charge in [-0.1, -0.05) is 168 Å². The van der Waals surface area contributed by atoms with Crippen LogP contribution < -0.4 is 26.2 Å². The van der Waals surface area contributed by atoms with Crippen LogP contribution in [0.5, 0.6) is 0 Å². The maximum Gasteiger partial charge on any atom is 0.252 e. The molecule has 0 radical (unpaired) electrons. The summed E-state index contributed by atoms with van der Waals surface area (Å²) in [5.74, 6) is 2.51. The van der Waals surface area contributed by atoms with Crippen LogP contribution in [0.25, 0.3) is 31.9 Å². The molecule has 5 heteroatoms. The molecule has 1 aromatic heterocycles. The highest BCUT2D eigenvalue weighted by Gasteiger charge is 2.53. The van der Waals surface area contributed by atoms with Crippen LogP contribution in [0.15, 0.2) is 140 Å². The second-order valence-corrected chi connectivity index (χ2v) is 28.7. The smallest absolute Gasteiger partial charge is 0.252 e. The van der Waals surface area contributed by atoms with Gasteiger partial charge in [-0.2, -0.15) is 0 Å². The van der Waals surface area contributed by atoms with Gasteiger partial charge in [0.1, 0.15) is 5.01 Å². The van der Waals surface area contributed by atoms with E-state index in [1.165, 1.54) is 127 Å². The van der Waals surface area contributed by atoms with E-state index in [0.29, 0.717) is 0 Å². The van der Waals surface area contributed by atoms with Gasteiger partial charge in [0, 0.05) is 39.7 Å². The van der Waals surface area contributed by atoms with Crippen molar-refractivity contribution < 1.29 is 0 Å². The summed E-state index contributed by atoms with van der Waals surface area (Å²) in [5, 5.41) is 1.06. The SMILES string of the molecule is CC(C)(C)c1ccc(-c2ccc(-c3nc4cc5c(cc4s3)B3c4cc(C(C)(C)C)ccc4N(c4ccc(C(C)(C)C)cc4)c4cc(C67CC8CC(CC(C8)C6)C7)cc(c43)N5c3ccc(C(C)(C)C)cc3)cc2)cc1. The standard InChI is InChI=1S/C69H74BN3S/c1-65(2,3)48-19-17-46(18-20-48)45-13-15-47(16-14-45)64-71-57-38-59-56(37-62(57)74-64)70-55-34-51(68(10,11)12)25-30-58(55)72(53-26-21-49(22-27-53)66(4,5)6)60-35-52(69-39-42-31-43(40-69)33-44(32-42)41-69)36-61(63(60)70)73(59)54-28-23-50(24-29-54)67(7,8)9/h13-30,34-38,42-44H,31-33,39-41H2,1-12H3. The highest BCUT2D eigenvalue weighted by molar-refractivity contribution is 7.21. The van der Waals surface area contributed by atoms with Gasteiger partial charge < -0.3 is 9.80 Å². The van der Waals surface area contributed by atoms with Gasteiger partial charge in [0.2, 0.25) is 0 Å². The zero-order valence-electron chi connectivity index (χ0n) is 46.1. The molecule has 4 aliphatic carbocycles. The quantitative estimate of drug-likeness (QED) is 0.160. The number of rotatable bonds is 5. The van der Waals surface area contributed by atoms with E-state index in [4.69, 9.17) is 4.98 Å². The topological polar surface area (TPSA) is 19.4 Å². The first-order valence-corrected chi connectivity index (χ1v) is 28.7. The van der Waals surface area contributed by atoms with Crippen molar-refractivity contribution >= 4 is 78.8 Å². The fraction of sp³-hybridized carbons (Fsp3) is 0.377. The number of hydrogen-bond acceptors (Lipinski definition) is 4. The Kier molecular flexibility index (Phi) is 10.7. The fourth-order valence-corrected chi connectivity index (χ4v) is 15.5. The molecule has 2 aliphatic heterocycles. The second-order valence-electron chi connectivity index (χ2n) is 27.6. The van der Waals surface area contributed by atoms with Crippen LogP contribution in [0.2, 0.25) is 0 Å². The molecule has 8 aromatic rings. The monoisotopic (exact) mass is 988 g/mol. The molecule has 14 rings (SSSR count). The van der Waals surface area contributed by atoms with Gasteiger partial charge in [-0.05, 0) is 193 Å². The molecular formula is C69H74BN3S. The molecule has 4 bridgehead atoms. The Morgan fingerprint density at radius 3 is 1.35 bits per heavy atom. The van der Waals surface area contributed by atoms with Gasteiger partial charge in [-0.15, -0.1) is 11.3 Å². The minimum Gasteiger partial charge on any atom is -0.311 e. The summed E-state index contributed by atoms with van der Waals surface area (Å²) in [4.78, 5) is 10.9. The molecular weight excluding hydrogens is 914 g/mol. The molecule has 6 aliphatic rings. The minimum absolute atomic E-state index is 0.0202. The lowest BCUT2D eigenvalue weighted by Crippen LogP contribution is -2.61. The van der Waals surface area contributed by atoms with E-state index >= 15 is 0 Å². The van der Waals surface area contributed by atoms with Crippen molar-refractivity contribution in [3.8, 4) is 21.7 Å². The van der Waals surface area contributed by atoms with Gasteiger partial charge in [-0.25, -0.2) is 4.98 Å². The number of thiazole rings is 1. The van der Waals surface area contributed by atoms with Gasteiger partial charge >= 0.3 is 0 Å². The summed E-state index contributed by atoms with van der Waals surface area (Å²) in [6, 6.07) is 55.2. The second kappa shape index (κ2) is 16.5. The predicted octanol–water partition coefficient (Wildman–Crippen LogP) is 17.4. The first-order chi connectivity index (χ1) is 35.1. The van der Waals surface area contributed by atoms with Gasteiger partial charge in [0.15, 0.2) is 0 Å². The molecule has 3 heterocycles. The Morgan fingerprint density at radius 1 is 0.446 bits per heavy atom. The fourth-order valence-electron chi connectivity index (χ4n) is 14.5. The predicted molar refractivity (Wildman–Crippen MR) is 319 cm³/mol. The third-order valence-electron chi connectivity index (χ3n) is 18.3. The Labute approximate surface area is 446 Å². The molecule has 0 atom stereocenters.